The Labute approximate surface area is 86.9 Å². The van der Waals surface area contributed by atoms with Crippen LogP contribution in [0.5, 0.6) is 0 Å². The van der Waals surface area contributed by atoms with Gasteiger partial charge in [0.1, 0.15) is 11.9 Å². The molecule has 1 saturated heterocycles. The quantitative estimate of drug-likeness (QED) is 0.779. The molecular weight excluding hydrogens is 197 g/mol. The fraction of sp³-hybridized carbons (Fsp3) is 0.364. The predicted octanol–water partition coefficient (Wildman–Crippen LogP) is 1.70. The molecule has 0 bridgehead atoms. The van der Waals surface area contributed by atoms with Crippen molar-refractivity contribution in [2.75, 3.05) is 0 Å². The molecule has 4 heteroatoms. The zero-order valence-electron chi connectivity index (χ0n) is 8.11. The Hall–Kier alpha value is -1.42. The van der Waals surface area contributed by atoms with E-state index in [2.05, 4.69) is 5.32 Å². The Morgan fingerprint density at radius 1 is 1.47 bits per heavy atom. The van der Waals surface area contributed by atoms with Gasteiger partial charge in [0.2, 0.25) is 0 Å². The molecule has 1 heterocycles. The van der Waals surface area contributed by atoms with E-state index in [1.54, 1.807) is 6.07 Å². The van der Waals surface area contributed by atoms with E-state index in [0.717, 1.165) is 12.0 Å². The van der Waals surface area contributed by atoms with Gasteiger partial charge in [0, 0.05) is 6.04 Å². The van der Waals surface area contributed by atoms with Crippen molar-refractivity contribution in [3.05, 3.63) is 35.6 Å². The molecule has 80 valence electrons. The van der Waals surface area contributed by atoms with Crippen LogP contribution in [-0.4, -0.2) is 17.1 Å². The summed E-state index contributed by atoms with van der Waals surface area (Å²) in [7, 11) is 0. The topological polar surface area (TPSA) is 49.3 Å². The number of carbonyl (C=O) groups is 1. The van der Waals surface area contributed by atoms with Gasteiger partial charge in [-0.2, -0.15) is 0 Å². The summed E-state index contributed by atoms with van der Waals surface area (Å²) in [6, 6.07) is 5.74. The van der Waals surface area contributed by atoms with Crippen molar-refractivity contribution < 1.29 is 14.3 Å². The molecule has 1 aromatic rings. The average molecular weight is 209 g/mol. The van der Waals surface area contributed by atoms with Crippen LogP contribution in [0.1, 0.15) is 24.4 Å². The summed E-state index contributed by atoms with van der Waals surface area (Å²) in [5, 5.41) is 11.8. The first-order valence-electron chi connectivity index (χ1n) is 4.91. The predicted molar refractivity (Wildman–Crippen MR) is 52.9 cm³/mol. The van der Waals surface area contributed by atoms with Crippen LogP contribution in [0, 0.1) is 5.82 Å². The van der Waals surface area contributed by atoms with Crippen LogP contribution in [0.25, 0.3) is 0 Å². The minimum atomic E-state index is -0.839. The molecule has 0 spiro atoms. The molecule has 0 unspecified atom stereocenters. The molecule has 1 fully saturated rings. The standard InChI is InChI=1S/C11H12FNO2/c12-8-3-1-2-7(6-8)9-4-5-10(13-9)11(14)15/h1-3,6,9-10,13H,4-5H2,(H,14,15)/t9-,10+/m1/s1. The molecule has 0 radical (unpaired) electrons. The van der Waals surface area contributed by atoms with Gasteiger partial charge in [-0.25, -0.2) is 4.39 Å². The van der Waals surface area contributed by atoms with E-state index in [4.69, 9.17) is 5.11 Å². The number of carboxylic acid groups (broad SMARTS) is 1. The van der Waals surface area contributed by atoms with Crippen LogP contribution in [0.15, 0.2) is 24.3 Å². The van der Waals surface area contributed by atoms with Crippen molar-refractivity contribution in [3.8, 4) is 0 Å². The minimum Gasteiger partial charge on any atom is -0.480 e. The van der Waals surface area contributed by atoms with Crippen molar-refractivity contribution in [1.29, 1.82) is 0 Å². The molecule has 1 aliphatic rings. The summed E-state index contributed by atoms with van der Waals surface area (Å²) >= 11 is 0. The first kappa shape index (κ1) is 10.1. The number of aliphatic carboxylic acids is 1. The lowest BCUT2D eigenvalue weighted by molar-refractivity contribution is -0.139. The Morgan fingerprint density at radius 3 is 2.87 bits per heavy atom. The third-order valence-electron chi connectivity index (χ3n) is 2.70. The number of hydrogen-bond donors (Lipinski definition) is 2. The number of halogens is 1. The monoisotopic (exact) mass is 209 g/mol. The number of carboxylic acids is 1. The van der Waals surface area contributed by atoms with Gasteiger partial charge in [-0.1, -0.05) is 12.1 Å². The Balaban J connectivity index is 2.11. The van der Waals surface area contributed by atoms with Crippen molar-refractivity contribution in [2.45, 2.75) is 24.9 Å². The second-order valence-corrected chi connectivity index (χ2v) is 3.74. The number of hydrogen-bond acceptors (Lipinski definition) is 2. The second-order valence-electron chi connectivity index (χ2n) is 3.74. The first-order valence-corrected chi connectivity index (χ1v) is 4.91. The van der Waals surface area contributed by atoms with E-state index >= 15 is 0 Å². The molecule has 0 aromatic heterocycles. The third-order valence-corrected chi connectivity index (χ3v) is 2.70. The van der Waals surface area contributed by atoms with E-state index in [-0.39, 0.29) is 11.9 Å². The average Bonchev–Trinajstić information content (AvgIpc) is 2.66. The van der Waals surface area contributed by atoms with Crippen molar-refractivity contribution in [1.82, 2.24) is 5.32 Å². The van der Waals surface area contributed by atoms with E-state index in [0.29, 0.717) is 6.42 Å². The number of rotatable bonds is 2. The maximum Gasteiger partial charge on any atom is 0.320 e. The van der Waals surface area contributed by atoms with Crippen LogP contribution in [0.2, 0.25) is 0 Å². The van der Waals surface area contributed by atoms with Crippen molar-refractivity contribution in [2.24, 2.45) is 0 Å². The molecule has 2 atom stereocenters. The third kappa shape index (κ3) is 2.15. The minimum absolute atomic E-state index is 0.0400. The summed E-state index contributed by atoms with van der Waals surface area (Å²) in [6.07, 6.45) is 1.33. The van der Waals surface area contributed by atoms with Crippen LogP contribution in [0.4, 0.5) is 4.39 Å². The van der Waals surface area contributed by atoms with Gasteiger partial charge in [0.05, 0.1) is 0 Å². The largest absolute Gasteiger partial charge is 0.480 e. The highest BCUT2D eigenvalue weighted by Crippen LogP contribution is 2.26. The van der Waals surface area contributed by atoms with Crippen LogP contribution >= 0.6 is 0 Å². The molecule has 2 rings (SSSR count). The molecule has 15 heavy (non-hydrogen) atoms. The summed E-state index contributed by atoms with van der Waals surface area (Å²) < 4.78 is 12.9. The highest BCUT2D eigenvalue weighted by molar-refractivity contribution is 5.73. The van der Waals surface area contributed by atoms with Gasteiger partial charge in [-0.15, -0.1) is 0 Å². The molecule has 2 N–H and O–H groups in total. The van der Waals surface area contributed by atoms with Crippen molar-refractivity contribution in [3.63, 3.8) is 0 Å². The lowest BCUT2D eigenvalue weighted by Gasteiger charge is -2.11. The molecule has 0 saturated carbocycles. The number of benzene rings is 1. The van der Waals surface area contributed by atoms with E-state index < -0.39 is 12.0 Å². The van der Waals surface area contributed by atoms with E-state index in [1.165, 1.54) is 12.1 Å². The Bertz CT molecular complexity index is 381. The fourth-order valence-corrected chi connectivity index (χ4v) is 1.92. The maximum absolute atomic E-state index is 12.9. The Kier molecular flexibility index (Phi) is 2.68. The highest BCUT2D eigenvalue weighted by atomic mass is 19.1. The number of nitrogens with one attached hydrogen (secondary N) is 1. The molecular formula is C11H12FNO2. The molecule has 0 amide bonds. The van der Waals surface area contributed by atoms with Crippen molar-refractivity contribution >= 4 is 5.97 Å². The van der Waals surface area contributed by atoms with E-state index in [9.17, 15) is 9.18 Å². The van der Waals surface area contributed by atoms with Gasteiger partial charge in [-0.3, -0.25) is 10.1 Å². The maximum atomic E-state index is 12.9. The zero-order chi connectivity index (χ0) is 10.8. The van der Waals surface area contributed by atoms with Gasteiger partial charge in [-0.05, 0) is 30.5 Å². The second kappa shape index (κ2) is 3.98. The zero-order valence-corrected chi connectivity index (χ0v) is 8.11. The van der Waals surface area contributed by atoms with Gasteiger partial charge < -0.3 is 5.11 Å². The lowest BCUT2D eigenvalue weighted by Crippen LogP contribution is -2.31. The highest BCUT2D eigenvalue weighted by Gasteiger charge is 2.29. The summed E-state index contributed by atoms with van der Waals surface area (Å²) in [5.74, 6) is -1.12. The van der Waals surface area contributed by atoms with Gasteiger partial charge >= 0.3 is 5.97 Å². The fourth-order valence-electron chi connectivity index (χ4n) is 1.92. The SMILES string of the molecule is O=C(O)[C@@H]1CC[C@H](c2cccc(F)c2)N1. The first-order chi connectivity index (χ1) is 7.16. The van der Waals surface area contributed by atoms with Crippen LogP contribution in [0.3, 0.4) is 0 Å². The molecule has 1 aromatic carbocycles. The van der Waals surface area contributed by atoms with Gasteiger partial charge in [0.15, 0.2) is 0 Å². The van der Waals surface area contributed by atoms with Crippen LogP contribution in [-0.2, 0) is 4.79 Å². The normalized spacial score (nSPS) is 25.4. The summed E-state index contributed by atoms with van der Waals surface area (Å²) in [6.45, 7) is 0. The molecule has 0 aliphatic carbocycles. The Morgan fingerprint density at radius 2 is 2.27 bits per heavy atom. The summed E-state index contributed by atoms with van der Waals surface area (Å²) in [5.41, 5.74) is 0.818. The molecule has 1 aliphatic heterocycles. The summed E-state index contributed by atoms with van der Waals surface area (Å²) in [4.78, 5) is 10.7. The lowest BCUT2D eigenvalue weighted by atomic mass is 10.1. The van der Waals surface area contributed by atoms with Gasteiger partial charge in [0.25, 0.3) is 0 Å². The smallest absolute Gasteiger partial charge is 0.320 e. The molecule has 3 nitrogen and oxygen atoms in total. The van der Waals surface area contributed by atoms with E-state index in [1.807, 2.05) is 6.07 Å². The van der Waals surface area contributed by atoms with Crippen LogP contribution < -0.4 is 5.32 Å².